The van der Waals surface area contributed by atoms with Gasteiger partial charge in [-0.1, -0.05) is 6.07 Å². The van der Waals surface area contributed by atoms with Crippen LogP contribution in [-0.2, 0) is 6.54 Å². The van der Waals surface area contributed by atoms with Crippen molar-refractivity contribution < 1.29 is 4.74 Å². The third-order valence-electron chi connectivity index (χ3n) is 2.83. The van der Waals surface area contributed by atoms with Crippen LogP contribution in [0.3, 0.4) is 0 Å². The molecule has 0 aliphatic rings. The van der Waals surface area contributed by atoms with Gasteiger partial charge in [0.1, 0.15) is 5.75 Å². The van der Waals surface area contributed by atoms with E-state index in [-0.39, 0.29) is 5.56 Å². The second-order valence-electron chi connectivity index (χ2n) is 4.42. The number of hydrogen-bond donors (Lipinski definition) is 1. The molecular formula is C14H16IN3O2. The van der Waals surface area contributed by atoms with Crippen LogP contribution in [0.15, 0.2) is 35.4 Å². The molecule has 0 radical (unpaired) electrons. The number of anilines is 1. The highest BCUT2D eigenvalue weighted by Crippen LogP contribution is 2.14. The monoisotopic (exact) mass is 385 g/mol. The first-order chi connectivity index (χ1) is 9.58. The van der Waals surface area contributed by atoms with Crippen LogP contribution < -0.4 is 16.0 Å². The number of nitrogen functional groups attached to an aromatic ring is 1. The fourth-order valence-corrected chi connectivity index (χ4v) is 2.18. The largest absolute Gasteiger partial charge is 0.493 e. The molecule has 2 N–H and O–H groups in total. The van der Waals surface area contributed by atoms with Crippen molar-refractivity contribution >= 4 is 28.3 Å². The van der Waals surface area contributed by atoms with Crippen LogP contribution in [0.1, 0.15) is 12.1 Å². The van der Waals surface area contributed by atoms with Crippen molar-refractivity contribution in [3.05, 3.63) is 50.2 Å². The second kappa shape index (κ2) is 6.74. The van der Waals surface area contributed by atoms with Gasteiger partial charge in [-0.05, 0) is 48.1 Å². The summed E-state index contributed by atoms with van der Waals surface area (Å²) in [5.74, 6) is 0.744. The Morgan fingerprint density at radius 1 is 1.45 bits per heavy atom. The van der Waals surface area contributed by atoms with E-state index < -0.39 is 0 Å². The topological polar surface area (TPSA) is 70.1 Å². The molecule has 0 saturated heterocycles. The Hall–Kier alpha value is -1.57. The maximum atomic E-state index is 12.0. The zero-order chi connectivity index (χ0) is 14.5. The van der Waals surface area contributed by atoms with Crippen LogP contribution >= 0.6 is 22.6 Å². The molecule has 0 bridgehead atoms. The van der Waals surface area contributed by atoms with Crippen molar-refractivity contribution in [3.63, 3.8) is 0 Å². The van der Waals surface area contributed by atoms with Gasteiger partial charge in [-0.3, -0.25) is 9.36 Å². The van der Waals surface area contributed by atoms with Crippen LogP contribution in [-0.4, -0.2) is 16.2 Å². The van der Waals surface area contributed by atoms with Crippen LogP contribution in [0.2, 0.25) is 0 Å². The summed E-state index contributed by atoms with van der Waals surface area (Å²) in [6.07, 6.45) is 2.32. The van der Waals surface area contributed by atoms with E-state index in [0.717, 1.165) is 17.9 Å². The molecule has 0 fully saturated rings. The number of aromatic nitrogens is 2. The van der Waals surface area contributed by atoms with Crippen LogP contribution in [0, 0.1) is 10.5 Å². The van der Waals surface area contributed by atoms with Gasteiger partial charge in [-0.25, -0.2) is 4.98 Å². The van der Waals surface area contributed by atoms with Crippen molar-refractivity contribution in [1.29, 1.82) is 0 Å². The fraction of sp³-hybridized carbons (Fsp3) is 0.286. The summed E-state index contributed by atoms with van der Waals surface area (Å²) in [5.41, 5.74) is 7.12. The van der Waals surface area contributed by atoms with Crippen LogP contribution in [0.4, 0.5) is 5.69 Å². The van der Waals surface area contributed by atoms with Crippen molar-refractivity contribution in [2.45, 2.75) is 19.9 Å². The molecule has 106 valence electrons. The molecule has 0 spiro atoms. The number of nitrogens with zero attached hydrogens (tertiary/aromatic N) is 2. The molecule has 1 heterocycles. The maximum Gasteiger partial charge on any atom is 0.267 e. The number of ether oxygens (including phenoxy) is 1. The molecule has 0 unspecified atom stereocenters. The molecule has 6 heteroatoms. The Labute approximate surface area is 130 Å². The summed E-state index contributed by atoms with van der Waals surface area (Å²) in [6.45, 7) is 2.95. The molecule has 0 amide bonds. The Morgan fingerprint density at radius 3 is 3.00 bits per heavy atom. The minimum absolute atomic E-state index is 0.00190. The number of nitrogens with two attached hydrogens (primary N) is 1. The van der Waals surface area contributed by atoms with Gasteiger partial charge in [0.25, 0.3) is 5.56 Å². The molecule has 1 aromatic carbocycles. The summed E-state index contributed by atoms with van der Waals surface area (Å²) in [6, 6.07) is 7.30. The van der Waals surface area contributed by atoms with Gasteiger partial charge < -0.3 is 10.5 Å². The molecule has 0 atom stereocenters. The zero-order valence-electron chi connectivity index (χ0n) is 11.2. The number of halogens is 1. The number of benzene rings is 1. The minimum atomic E-state index is 0.00190. The van der Waals surface area contributed by atoms with Gasteiger partial charge in [0, 0.05) is 18.3 Å². The number of aryl methyl sites for hydroxylation is 2. The first-order valence-electron chi connectivity index (χ1n) is 6.28. The Kier molecular flexibility index (Phi) is 4.99. The van der Waals surface area contributed by atoms with Gasteiger partial charge in [0.15, 0.2) is 0 Å². The molecule has 0 saturated carbocycles. The summed E-state index contributed by atoms with van der Waals surface area (Å²) >= 11 is 2.03. The van der Waals surface area contributed by atoms with Crippen LogP contribution in [0.5, 0.6) is 5.75 Å². The molecule has 0 aliphatic carbocycles. The van der Waals surface area contributed by atoms with E-state index in [0.29, 0.717) is 22.4 Å². The molecular weight excluding hydrogens is 369 g/mol. The summed E-state index contributed by atoms with van der Waals surface area (Å²) in [7, 11) is 0. The van der Waals surface area contributed by atoms with E-state index in [4.69, 9.17) is 10.5 Å². The highest BCUT2D eigenvalue weighted by Gasteiger charge is 2.04. The van der Waals surface area contributed by atoms with Gasteiger partial charge in [0.2, 0.25) is 0 Å². The summed E-state index contributed by atoms with van der Waals surface area (Å²) < 4.78 is 7.86. The summed E-state index contributed by atoms with van der Waals surface area (Å²) in [4.78, 5) is 16.1. The van der Waals surface area contributed by atoms with E-state index in [9.17, 15) is 4.79 Å². The lowest BCUT2D eigenvalue weighted by Gasteiger charge is -2.09. The second-order valence-corrected chi connectivity index (χ2v) is 5.50. The lowest BCUT2D eigenvalue weighted by molar-refractivity contribution is 0.300. The average Bonchev–Trinajstić information content (AvgIpc) is 2.43. The predicted octanol–water partition coefficient (Wildman–Crippen LogP) is 2.21. The van der Waals surface area contributed by atoms with Crippen molar-refractivity contribution in [2.75, 3.05) is 12.3 Å². The average molecular weight is 385 g/mol. The Morgan fingerprint density at radius 2 is 2.25 bits per heavy atom. The highest BCUT2D eigenvalue weighted by molar-refractivity contribution is 14.1. The van der Waals surface area contributed by atoms with Crippen molar-refractivity contribution in [3.8, 4) is 5.75 Å². The lowest BCUT2D eigenvalue weighted by atomic mass is 10.3. The zero-order valence-corrected chi connectivity index (χ0v) is 13.3. The van der Waals surface area contributed by atoms with Crippen molar-refractivity contribution in [2.24, 2.45) is 0 Å². The van der Waals surface area contributed by atoms with Gasteiger partial charge in [0.05, 0.1) is 22.2 Å². The van der Waals surface area contributed by atoms with Gasteiger partial charge >= 0.3 is 0 Å². The molecule has 2 rings (SSSR count). The standard InChI is InChI=1S/C14H16IN3O2/c1-10-13(15)14(19)18(9-17-10)6-3-7-20-12-5-2-4-11(16)8-12/h2,4-5,8-9H,3,6-7,16H2,1H3. The van der Waals surface area contributed by atoms with E-state index in [2.05, 4.69) is 4.98 Å². The van der Waals surface area contributed by atoms with E-state index >= 15 is 0 Å². The lowest BCUT2D eigenvalue weighted by Crippen LogP contribution is -2.24. The van der Waals surface area contributed by atoms with Crippen molar-refractivity contribution in [1.82, 2.24) is 9.55 Å². The number of rotatable bonds is 5. The van der Waals surface area contributed by atoms with E-state index in [1.807, 2.05) is 47.7 Å². The molecule has 0 aliphatic heterocycles. The quantitative estimate of drug-likeness (QED) is 0.487. The third-order valence-corrected chi connectivity index (χ3v) is 4.07. The Balaban J connectivity index is 1.88. The molecule has 20 heavy (non-hydrogen) atoms. The Bertz CT molecular complexity index is 655. The fourth-order valence-electron chi connectivity index (χ4n) is 1.73. The van der Waals surface area contributed by atoms with Gasteiger partial charge in [-0.15, -0.1) is 0 Å². The predicted molar refractivity (Wildman–Crippen MR) is 86.9 cm³/mol. The first kappa shape index (κ1) is 14.8. The first-order valence-corrected chi connectivity index (χ1v) is 7.35. The highest BCUT2D eigenvalue weighted by atomic mass is 127. The smallest absolute Gasteiger partial charge is 0.267 e. The number of hydrogen-bond acceptors (Lipinski definition) is 4. The minimum Gasteiger partial charge on any atom is -0.493 e. The van der Waals surface area contributed by atoms with Crippen LogP contribution in [0.25, 0.3) is 0 Å². The third kappa shape index (κ3) is 3.72. The molecule has 5 nitrogen and oxygen atoms in total. The van der Waals surface area contributed by atoms with E-state index in [1.165, 1.54) is 0 Å². The van der Waals surface area contributed by atoms with E-state index in [1.54, 1.807) is 17.0 Å². The van der Waals surface area contributed by atoms with Gasteiger partial charge in [-0.2, -0.15) is 0 Å². The maximum absolute atomic E-state index is 12.0. The normalized spacial score (nSPS) is 10.5. The molecule has 2 aromatic rings. The molecule has 1 aromatic heterocycles. The summed E-state index contributed by atoms with van der Waals surface area (Å²) in [5, 5.41) is 0. The SMILES string of the molecule is Cc1ncn(CCCOc2cccc(N)c2)c(=O)c1I.